The third-order valence-electron chi connectivity index (χ3n) is 4.30. The van der Waals surface area contributed by atoms with Crippen molar-refractivity contribution in [1.82, 2.24) is 10.2 Å². The lowest BCUT2D eigenvalue weighted by Gasteiger charge is -2.18. The molecule has 0 unspecified atom stereocenters. The molecule has 2 aliphatic rings. The lowest BCUT2D eigenvalue weighted by atomic mass is 10.0. The molecule has 23 heavy (non-hydrogen) atoms. The number of amides is 1. The van der Waals surface area contributed by atoms with Crippen LogP contribution in [0, 0.1) is 11.8 Å². The number of hydrogen-bond donors (Lipinski definition) is 1. The molecule has 1 amide bonds. The molecule has 2 atom stereocenters. The normalized spacial score (nSPS) is 22.7. The van der Waals surface area contributed by atoms with Crippen LogP contribution in [0.5, 0.6) is 11.5 Å². The van der Waals surface area contributed by atoms with Crippen molar-refractivity contribution in [2.24, 2.45) is 11.8 Å². The summed E-state index contributed by atoms with van der Waals surface area (Å²) in [4.78, 5) is 14.4. The average molecular weight is 349 g/mol. The minimum Gasteiger partial charge on any atom is -0.493 e. The highest BCUT2D eigenvalue weighted by Gasteiger charge is 2.38. The maximum absolute atomic E-state index is 12.5. The molecule has 2 aliphatic heterocycles. The number of hydrogen-bond acceptors (Lipinski definition) is 4. The van der Waals surface area contributed by atoms with Crippen molar-refractivity contribution in [2.75, 3.05) is 33.3 Å². The fourth-order valence-corrected chi connectivity index (χ4v) is 3.20. The van der Waals surface area contributed by atoms with Gasteiger partial charge in [-0.2, -0.15) is 8.78 Å². The Kier molecular flexibility index (Phi) is 5.64. The Balaban J connectivity index is 0.00000192. The molecule has 0 saturated carbocycles. The van der Waals surface area contributed by atoms with Crippen molar-refractivity contribution in [3.8, 4) is 11.5 Å². The first-order valence-corrected chi connectivity index (χ1v) is 7.21. The van der Waals surface area contributed by atoms with Gasteiger partial charge in [-0.1, -0.05) is 0 Å². The van der Waals surface area contributed by atoms with Crippen LogP contribution in [0.15, 0.2) is 18.2 Å². The van der Waals surface area contributed by atoms with Gasteiger partial charge in [0.1, 0.15) is 0 Å². The van der Waals surface area contributed by atoms with Gasteiger partial charge in [0.15, 0.2) is 11.5 Å². The highest BCUT2D eigenvalue weighted by Crippen LogP contribution is 2.32. The van der Waals surface area contributed by atoms with Gasteiger partial charge in [-0.25, -0.2) is 0 Å². The van der Waals surface area contributed by atoms with Crippen molar-refractivity contribution in [3.05, 3.63) is 23.8 Å². The van der Waals surface area contributed by atoms with E-state index in [1.165, 1.54) is 25.3 Å². The summed E-state index contributed by atoms with van der Waals surface area (Å²) in [5.41, 5.74) is 0.423. The van der Waals surface area contributed by atoms with E-state index >= 15 is 0 Å². The fourth-order valence-electron chi connectivity index (χ4n) is 3.20. The van der Waals surface area contributed by atoms with Gasteiger partial charge in [-0.05, 0) is 30.0 Å². The Hall–Kier alpha value is -1.60. The number of rotatable bonds is 4. The number of nitrogens with zero attached hydrogens (tertiary/aromatic N) is 1. The van der Waals surface area contributed by atoms with Gasteiger partial charge in [-0.15, -0.1) is 12.4 Å². The van der Waals surface area contributed by atoms with Crippen molar-refractivity contribution >= 4 is 18.3 Å². The van der Waals surface area contributed by atoms with Crippen LogP contribution in [0.2, 0.25) is 0 Å². The molecular weight excluding hydrogens is 330 g/mol. The Morgan fingerprint density at radius 2 is 1.91 bits per heavy atom. The molecule has 8 heteroatoms. The van der Waals surface area contributed by atoms with E-state index in [1.54, 1.807) is 0 Å². The number of carbonyl (C=O) groups is 1. The summed E-state index contributed by atoms with van der Waals surface area (Å²) in [6.45, 7) is 0.418. The van der Waals surface area contributed by atoms with Crippen LogP contribution >= 0.6 is 12.4 Å². The minimum absolute atomic E-state index is 0. The second-order valence-corrected chi connectivity index (χ2v) is 5.63. The molecule has 2 heterocycles. The summed E-state index contributed by atoms with van der Waals surface area (Å²) < 4.78 is 34.0. The second kappa shape index (κ2) is 7.31. The molecule has 0 bridgehead atoms. The Morgan fingerprint density at radius 3 is 2.48 bits per heavy atom. The van der Waals surface area contributed by atoms with Gasteiger partial charge < -0.3 is 19.7 Å². The highest BCUT2D eigenvalue weighted by atomic mass is 35.5. The standard InChI is InChI=1S/C15H18F2N2O3.ClH/c1-21-13-4-9(2-3-12(13)22-15(16)17)14(20)19-7-10-5-18-6-11(10)8-19;/h2-4,10-11,15,18H,5-8H2,1H3;1H/t10-,11+;. The monoisotopic (exact) mass is 348 g/mol. The number of alkyl halides is 2. The van der Waals surface area contributed by atoms with E-state index in [0.717, 1.165) is 26.2 Å². The molecule has 128 valence electrons. The third kappa shape index (κ3) is 3.67. The molecule has 1 N–H and O–H groups in total. The highest BCUT2D eigenvalue weighted by molar-refractivity contribution is 5.95. The van der Waals surface area contributed by atoms with Crippen molar-refractivity contribution < 1.29 is 23.0 Å². The van der Waals surface area contributed by atoms with E-state index < -0.39 is 6.61 Å². The van der Waals surface area contributed by atoms with Crippen LogP contribution in [0.25, 0.3) is 0 Å². The zero-order valence-electron chi connectivity index (χ0n) is 12.6. The molecule has 0 spiro atoms. The molecule has 0 radical (unpaired) electrons. The summed E-state index contributed by atoms with van der Waals surface area (Å²) >= 11 is 0. The van der Waals surface area contributed by atoms with Gasteiger partial charge in [-0.3, -0.25) is 4.79 Å². The summed E-state index contributed by atoms with van der Waals surface area (Å²) in [6.07, 6.45) is 0. The number of likely N-dealkylation sites (tertiary alicyclic amines) is 1. The maximum atomic E-state index is 12.5. The number of fused-ring (bicyclic) bond motifs is 1. The molecule has 0 aromatic heterocycles. The van der Waals surface area contributed by atoms with E-state index in [-0.39, 0.29) is 29.8 Å². The fraction of sp³-hybridized carbons (Fsp3) is 0.533. The number of carbonyl (C=O) groups excluding carboxylic acids is 1. The van der Waals surface area contributed by atoms with Crippen LogP contribution in [-0.4, -0.2) is 50.7 Å². The summed E-state index contributed by atoms with van der Waals surface area (Å²) in [5, 5.41) is 3.32. The number of halogens is 3. The number of methoxy groups -OCH3 is 1. The van der Waals surface area contributed by atoms with Crippen molar-refractivity contribution in [2.45, 2.75) is 6.61 Å². The van der Waals surface area contributed by atoms with Crippen molar-refractivity contribution in [3.63, 3.8) is 0 Å². The summed E-state index contributed by atoms with van der Waals surface area (Å²) in [6, 6.07) is 4.29. The summed E-state index contributed by atoms with van der Waals surface area (Å²) in [5.74, 6) is 0.972. The lowest BCUT2D eigenvalue weighted by Crippen LogP contribution is -2.31. The Bertz CT molecular complexity index is 562. The molecule has 0 aliphatic carbocycles. The maximum Gasteiger partial charge on any atom is 0.387 e. The molecule has 3 rings (SSSR count). The lowest BCUT2D eigenvalue weighted by molar-refractivity contribution is -0.0512. The van der Waals surface area contributed by atoms with E-state index in [2.05, 4.69) is 10.1 Å². The predicted octanol–water partition coefficient (Wildman–Crippen LogP) is 2.01. The van der Waals surface area contributed by atoms with Crippen LogP contribution in [0.1, 0.15) is 10.4 Å². The largest absolute Gasteiger partial charge is 0.493 e. The minimum atomic E-state index is -2.93. The van der Waals surface area contributed by atoms with E-state index in [9.17, 15) is 13.6 Å². The molecule has 2 fully saturated rings. The van der Waals surface area contributed by atoms with E-state index in [4.69, 9.17) is 4.74 Å². The second-order valence-electron chi connectivity index (χ2n) is 5.63. The predicted molar refractivity (Wildman–Crippen MR) is 82.6 cm³/mol. The van der Waals surface area contributed by atoms with Crippen LogP contribution in [0.3, 0.4) is 0 Å². The zero-order valence-corrected chi connectivity index (χ0v) is 13.4. The Labute approximate surface area is 139 Å². The molecule has 1 aromatic carbocycles. The molecular formula is C15H19ClF2N2O3. The number of nitrogens with one attached hydrogen (secondary N) is 1. The van der Waals surface area contributed by atoms with Crippen LogP contribution in [0.4, 0.5) is 8.78 Å². The van der Waals surface area contributed by atoms with Gasteiger partial charge in [0.2, 0.25) is 0 Å². The topological polar surface area (TPSA) is 50.8 Å². The van der Waals surface area contributed by atoms with Gasteiger partial charge in [0.05, 0.1) is 7.11 Å². The van der Waals surface area contributed by atoms with Crippen molar-refractivity contribution in [1.29, 1.82) is 0 Å². The summed E-state index contributed by atoms with van der Waals surface area (Å²) in [7, 11) is 1.35. The average Bonchev–Trinajstić information content (AvgIpc) is 3.07. The zero-order chi connectivity index (χ0) is 15.7. The van der Waals surface area contributed by atoms with Gasteiger partial charge >= 0.3 is 6.61 Å². The van der Waals surface area contributed by atoms with Crippen LogP contribution in [-0.2, 0) is 0 Å². The molecule has 5 nitrogen and oxygen atoms in total. The first-order chi connectivity index (χ1) is 10.6. The SMILES string of the molecule is COc1cc(C(=O)N2C[C@H]3CNC[C@H]3C2)ccc1OC(F)F.Cl. The smallest absolute Gasteiger partial charge is 0.387 e. The van der Waals surface area contributed by atoms with Gasteiger partial charge in [0, 0.05) is 31.7 Å². The van der Waals surface area contributed by atoms with Crippen LogP contribution < -0.4 is 14.8 Å². The van der Waals surface area contributed by atoms with E-state index in [1.807, 2.05) is 4.90 Å². The first-order valence-electron chi connectivity index (χ1n) is 7.21. The third-order valence-corrected chi connectivity index (χ3v) is 4.30. The first kappa shape index (κ1) is 17.7. The van der Waals surface area contributed by atoms with Gasteiger partial charge in [0.25, 0.3) is 5.91 Å². The molecule has 1 aromatic rings. The quantitative estimate of drug-likeness (QED) is 0.904. The number of benzene rings is 1. The van der Waals surface area contributed by atoms with E-state index in [0.29, 0.717) is 17.4 Å². The number of ether oxygens (including phenoxy) is 2. The Morgan fingerprint density at radius 1 is 1.26 bits per heavy atom. The molecule has 2 saturated heterocycles.